The summed E-state index contributed by atoms with van der Waals surface area (Å²) in [7, 11) is 0. The van der Waals surface area contributed by atoms with E-state index in [-0.39, 0.29) is 12.1 Å². The summed E-state index contributed by atoms with van der Waals surface area (Å²) in [6.45, 7) is 3.77. The average molecular weight is 395 g/mol. The zero-order valence-electron chi connectivity index (χ0n) is 16.5. The Bertz CT molecular complexity index is 880. The van der Waals surface area contributed by atoms with Gasteiger partial charge in [-0.25, -0.2) is 9.68 Å². The molecular weight excluding hydrogens is 370 g/mol. The zero-order chi connectivity index (χ0) is 20.6. The number of nitrogens with two attached hydrogens (primary N) is 1. The largest absolute Gasteiger partial charge is 0.462 e. The van der Waals surface area contributed by atoms with E-state index in [9.17, 15) is 10.1 Å². The Morgan fingerprint density at radius 3 is 2.83 bits per heavy atom. The Kier molecular flexibility index (Phi) is 7.19. The van der Waals surface area contributed by atoms with E-state index in [1.807, 2.05) is 31.2 Å². The van der Waals surface area contributed by atoms with E-state index in [0.29, 0.717) is 30.6 Å². The lowest BCUT2D eigenvalue weighted by atomic mass is 10.00. The van der Waals surface area contributed by atoms with E-state index < -0.39 is 0 Å². The highest BCUT2D eigenvalue weighted by atomic mass is 17.3. The molecule has 1 aliphatic heterocycles. The second-order valence-electron chi connectivity index (χ2n) is 7.06. The number of rotatable bonds is 9. The van der Waals surface area contributed by atoms with Crippen LogP contribution in [0.15, 0.2) is 42.5 Å². The highest BCUT2D eigenvalue weighted by Gasteiger charge is 2.23. The molecule has 29 heavy (non-hydrogen) atoms. The lowest BCUT2D eigenvalue weighted by Crippen LogP contribution is -2.24. The number of hydrogen-bond donors (Lipinski definition) is 1. The summed E-state index contributed by atoms with van der Waals surface area (Å²) >= 11 is 0. The zero-order valence-corrected chi connectivity index (χ0v) is 16.5. The van der Waals surface area contributed by atoms with Crippen LogP contribution in [0.2, 0.25) is 0 Å². The molecule has 152 valence electrons. The summed E-state index contributed by atoms with van der Waals surface area (Å²) in [6.07, 6.45) is 1.98. The number of carbonyl (C=O) groups excluding carboxylic acids is 1. The fourth-order valence-electron chi connectivity index (χ4n) is 3.66. The number of anilines is 1. The Balaban J connectivity index is 1.57. The normalized spacial score (nSPS) is 13.6. The second kappa shape index (κ2) is 10.0. The fourth-order valence-corrected chi connectivity index (χ4v) is 3.66. The highest BCUT2D eigenvalue weighted by Crippen LogP contribution is 2.33. The van der Waals surface area contributed by atoms with Gasteiger partial charge in [0.25, 0.3) is 0 Å². The summed E-state index contributed by atoms with van der Waals surface area (Å²) in [5.74, 6) is 4.63. The second-order valence-corrected chi connectivity index (χ2v) is 7.06. The third kappa shape index (κ3) is 5.33. The minimum Gasteiger partial charge on any atom is -0.462 e. The Morgan fingerprint density at radius 1 is 1.31 bits per heavy atom. The van der Waals surface area contributed by atoms with E-state index in [2.05, 4.69) is 22.0 Å². The lowest BCUT2D eigenvalue weighted by molar-refractivity contribution is -0.325. The van der Waals surface area contributed by atoms with Gasteiger partial charge in [0, 0.05) is 19.5 Å². The molecule has 0 amide bonds. The van der Waals surface area contributed by atoms with E-state index >= 15 is 0 Å². The van der Waals surface area contributed by atoms with Crippen LogP contribution in [0.1, 0.15) is 40.4 Å². The maximum atomic E-state index is 12.0. The van der Waals surface area contributed by atoms with Crippen molar-refractivity contribution in [3.8, 4) is 6.07 Å². The van der Waals surface area contributed by atoms with Crippen LogP contribution in [0, 0.1) is 11.3 Å². The predicted octanol–water partition coefficient (Wildman–Crippen LogP) is 2.92. The van der Waals surface area contributed by atoms with Crippen LogP contribution < -0.4 is 10.8 Å². The van der Waals surface area contributed by atoms with E-state index in [1.165, 1.54) is 0 Å². The maximum Gasteiger partial charge on any atom is 0.338 e. The molecule has 0 aromatic heterocycles. The summed E-state index contributed by atoms with van der Waals surface area (Å²) in [5.41, 5.74) is 4.35. The van der Waals surface area contributed by atoms with Crippen LogP contribution in [-0.2, 0) is 27.5 Å². The minimum absolute atomic E-state index is 0.207. The van der Waals surface area contributed by atoms with Gasteiger partial charge in [0.15, 0.2) is 0 Å². The molecule has 2 aromatic rings. The smallest absolute Gasteiger partial charge is 0.338 e. The summed E-state index contributed by atoms with van der Waals surface area (Å²) < 4.78 is 5.35. The van der Waals surface area contributed by atoms with Gasteiger partial charge in [-0.2, -0.15) is 11.2 Å². The predicted molar refractivity (Wildman–Crippen MR) is 108 cm³/mol. The van der Waals surface area contributed by atoms with Crippen molar-refractivity contribution in [1.82, 2.24) is 0 Å². The number of fused-ring (bicyclic) bond motifs is 1. The molecule has 0 spiro atoms. The molecule has 1 unspecified atom stereocenters. The van der Waals surface area contributed by atoms with E-state index in [0.717, 1.165) is 36.3 Å². The number of esters is 1. The first kappa shape index (κ1) is 20.8. The molecule has 2 aromatic carbocycles. The van der Waals surface area contributed by atoms with Crippen molar-refractivity contribution < 1.29 is 19.4 Å². The highest BCUT2D eigenvalue weighted by molar-refractivity contribution is 5.89. The number of carbonyl (C=O) groups is 1. The molecule has 2 N–H and O–H groups in total. The number of nitriles is 1. The van der Waals surface area contributed by atoms with Gasteiger partial charge in [-0.3, -0.25) is 0 Å². The molecule has 1 atom stereocenters. The first-order valence-corrected chi connectivity index (χ1v) is 9.67. The summed E-state index contributed by atoms with van der Waals surface area (Å²) in [5, 5.41) is 9.63. The van der Waals surface area contributed by atoms with Crippen LogP contribution in [0.5, 0.6) is 0 Å². The van der Waals surface area contributed by atoms with Crippen LogP contribution in [0.4, 0.5) is 5.69 Å². The topological polar surface area (TPSA) is 97.8 Å². The molecule has 1 heterocycles. The van der Waals surface area contributed by atoms with Crippen LogP contribution in [-0.4, -0.2) is 31.8 Å². The van der Waals surface area contributed by atoms with Crippen molar-refractivity contribution in [2.75, 3.05) is 24.6 Å². The van der Waals surface area contributed by atoms with Gasteiger partial charge in [0.05, 0.1) is 29.5 Å². The van der Waals surface area contributed by atoms with Gasteiger partial charge in [0.1, 0.15) is 6.07 Å². The van der Waals surface area contributed by atoms with Crippen LogP contribution >= 0.6 is 0 Å². The van der Waals surface area contributed by atoms with Gasteiger partial charge >= 0.3 is 5.97 Å². The van der Waals surface area contributed by atoms with Crippen molar-refractivity contribution in [3.63, 3.8) is 0 Å². The Hall–Kier alpha value is -2.92. The van der Waals surface area contributed by atoms with Gasteiger partial charge in [-0.05, 0) is 49.1 Å². The number of benzene rings is 2. The van der Waals surface area contributed by atoms with Gasteiger partial charge in [-0.1, -0.05) is 24.3 Å². The Labute approximate surface area is 170 Å². The number of hydrogen-bond acceptors (Lipinski definition) is 7. The molecule has 0 bridgehead atoms. The van der Waals surface area contributed by atoms with Crippen molar-refractivity contribution in [1.29, 1.82) is 5.26 Å². The Morgan fingerprint density at radius 2 is 2.10 bits per heavy atom. The molecular formula is C22H25N3O4. The first-order valence-electron chi connectivity index (χ1n) is 9.67. The molecule has 7 heteroatoms. The quantitative estimate of drug-likeness (QED) is 0.302. The van der Waals surface area contributed by atoms with Crippen LogP contribution in [0.3, 0.4) is 0 Å². The third-order valence-corrected chi connectivity index (χ3v) is 4.89. The maximum absolute atomic E-state index is 12.0. The van der Waals surface area contributed by atoms with Crippen molar-refractivity contribution in [2.45, 2.75) is 32.3 Å². The van der Waals surface area contributed by atoms with Crippen molar-refractivity contribution >= 4 is 11.7 Å². The summed E-state index contributed by atoms with van der Waals surface area (Å²) in [6, 6.07) is 15.3. The van der Waals surface area contributed by atoms with Crippen LogP contribution in [0.25, 0.3) is 0 Å². The summed E-state index contributed by atoms with van der Waals surface area (Å²) in [4.78, 5) is 23.3. The molecule has 0 saturated carbocycles. The molecule has 0 radical (unpaired) electrons. The molecule has 3 rings (SSSR count). The SMILES string of the molecule is CC(Cc1cc(C#N)c2c(c1)CCN2CCCOC(=O)c1ccccc1)OON. The van der Waals surface area contributed by atoms with E-state index in [1.54, 1.807) is 12.1 Å². The molecule has 0 saturated heterocycles. The van der Waals surface area contributed by atoms with Crippen molar-refractivity contribution in [3.05, 3.63) is 64.7 Å². The minimum atomic E-state index is -0.312. The molecule has 0 aliphatic carbocycles. The van der Waals surface area contributed by atoms with E-state index in [4.69, 9.17) is 15.5 Å². The fraction of sp³-hybridized carbons (Fsp3) is 0.364. The van der Waals surface area contributed by atoms with Gasteiger partial charge in [-0.15, -0.1) is 4.99 Å². The van der Waals surface area contributed by atoms with Crippen molar-refractivity contribution in [2.24, 2.45) is 5.90 Å². The lowest BCUT2D eigenvalue weighted by Gasteiger charge is -2.21. The number of ether oxygens (including phenoxy) is 1. The number of nitrogens with zero attached hydrogens (tertiary/aromatic N) is 2. The van der Waals surface area contributed by atoms with Gasteiger partial charge < -0.3 is 9.64 Å². The molecule has 1 aliphatic rings. The third-order valence-electron chi connectivity index (χ3n) is 4.89. The van der Waals surface area contributed by atoms with Gasteiger partial charge in [0.2, 0.25) is 0 Å². The standard InChI is InChI=1S/C22H25N3O4/c1-16(28-29-24)12-17-13-19-8-10-25(21(19)20(14-17)15-23)9-5-11-27-22(26)18-6-3-2-4-7-18/h2-4,6-7,13-14,16H,5,8-12,24H2,1H3. The monoisotopic (exact) mass is 395 g/mol. The molecule has 0 fully saturated rings. The first-order chi connectivity index (χ1) is 14.1. The average Bonchev–Trinajstić information content (AvgIpc) is 3.14. The molecule has 7 nitrogen and oxygen atoms in total.